The zero-order valence-corrected chi connectivity index (χ0v) is 12.6. The Kier molecular flexibility index (Phi) is 17.2. The van der Waals surface area contributed by atoms with E-state index in [0.29, 0.717) is 0 Å². The summed E-state index contributed by atoms with van der Waals surface area (Å²) in [5, 5.41) is 17.8. The van der Waals surface area contributed by atoms with E-state index in [0.717, 1.165) is 43.1 Å². The van der Waals surface area contributed by atoms with Crippen LogP contribution >= 0.6 is 12.4 Å². The van der Waals surface area contributed by atoms with Gasteiger partial charge in [0.25, 0.3) is 0 Å². The Morgan fingerprint density at radius 3 is 1.00 bits per heavy atom. The summed E-state index contributed by atoms with van der Waals surface area (Å²) >= 11 is 1.06. The molecule has 0 saturated heterocycles. The molecule has 2 fully saturated rings. The van der Waals surface area contributed by atoms with Gasteiger partial charge in [-0.1, -0.05) is 38.5 Å². The van der Waals surface area contributed by atoms with Crippen LogP contribution in [0.2, 0.25) is 0 Å². The second kappa shape index (κ2) is 14.7. The molecular weight excluding hydrogens is 279 g/mol. The van der Waals surface area contributed by atoms with Crippen LogP contribution in [0.4, 0.5) is 0 Å². The Morgan fingerprint density at radius 1 is 0.647 bits per heavy atom. The van der Waals surface area contributed by atoms with Crippen molar-refractivity contribution in [3.63, 3.8) is 0 Å². The van der Waals surface area contributed by atoms with Crippen LogP contribution in [0.1, 0.15) is 64.2 Å². The molecule has 0 heterocycles. The number of aliphatic hydroxyl groups excluding tert-OH is 2. The van der Waals surface area contributed by atoms with Gasteiger partial charge in [0.05, 0.1) is 12.2 Å². The molecule has 2 aliphatic rings. The minimum atomic E-state index is 0. The molecule has 0 radical (unpaired) electrons. The Morgan fingerprint density at radius 2 is 0.882 bits per heavy atom. The first-order valence-electron chi connectivity index (χ1n) is 6.33. The first-order chi connectivity index (χ1) is 7.79. The summed E-state index contributed by atoms with van der Waals surface area (Å²) in [7, 11) is 0. The fraction of sp³-hybridized carbons (Fsp3) is 1.00. The third kappa shape index (κ3) is 12.8. The molecule has 17 heavy (non-hydrogen) atoms. The molecule has 0 aliphatic heterocycles. The second-order valence-corrected chi connectivity index (χ2v) is 4.58. The monoisotopic (exact) mass is 303 g/mol. The Labute approximate surface area is 120 Å². The zero-order chi connectivity index (χ0) is 12.2. The van der Waals surface area contributed by atoms with Crippen LogP contribution in [-0.2, 0) is 21.0 Å². The van der Waals surface area contributed by atoms with Gasteiger partial charge in [-0.3, -0.25) is 0 Å². The molecule has 0 aromatic heterocycles. The molecule has 2 aliphatic carbocycles. The third-order valence-corrected chi connectivity index (χ3v) is 3.15. The van der Waals surface area contributed by atoms with Crippen molar-refractivity contribution in [3.8, 4) is 0 Å². The molecule has 0 atom stereocenters. The van der Waals surface area contributed by atoms with Crippen LogP contribution < -0.4 is 0 Å². The van der Waals surface area contributed by atoms with Gasteiger partial charge in [-0.25, -0.2) is 0 Å². The van der Waals surface area contributed by atoms with Crippen molar-refractivity contribution in [2.24, 2.45) is 0 Å². The quantitative estimate of drug-likeness (QED) is 0.723. The Bertz CT molecular complexity index is 133. The number of halogens is 1. The van der Waals surface area contributed by atoms with Crippen LogP contribution in [0.25, 0.3) is 0 Å². The number of hydrogen-bond acceptors (Lipinski definition) is 3. The van der Waals surface area contributed by atoms with Crippen LogP contribution in [0.3, 0.4) is 0 Å². The van der Waals surface area contributed by atoms with Crippen molar-refractivity contribution in [2.45, 2.75) is 76.4 Å². The fourth-order valence-electron chi connectivity index (χ4n) is 2.16. The third-order valence-electron chi connectivity index (χ3n) is 3.15. The van der Waals surface area contributed by atoms with Gasteiger partial charge >= 0.3 is 21.0 Å². The van der Waals surface area contributed by atoms with Crippen LogP contribution in [-0.4, -0.2) is 22.4 Å². The van der Waals surface area contributed by atoms with Crippen molar-refractivity contribution >= 4 is 12.4 Å². The molecule has 5 heteroatoms. The minimum absolute atomic E-state index is 0. The summed E-state index contributed by atoms with van der Waals surface area (Å²) in [6.07, 6.45) is 11.8. The molecule has 3 nitrogen and oxygen atoms in total. The van der Waals surface area contributed by atoms with E-state index in [-0.39, 0.29) is 24.6 Å². The molecule has 103 valence electrons. The summed E-state index contributed by atoms with van der Waals surface area (Å²) in [5.74, 6) is 0. The molecule has 0 amide bonds. The molecule has 2 rings (SSSR count). The van der Waals surface area contributed by atoms with Gasteiger partial charge in [0.2, 0.25) is 0 Å². The standard InChI is InChI=1S/2C6H12O.ClH.O.V/c2*7-6-4-2-1-3-5-6;;;/h2*6-7H,1-5H2;1H;;. The van der Waals surface area contributed by atoms with E-state index in [1.54, 1.807) is 0 Å². The average Bonchev–Trinajstić information content (AvgIpc) is 2.34. The number of rotatable bonds is 0. The van der Waals surface area contributed by atoms with Crippen LogP contribution in [0, 0.1) is 0 Å². The summed E-state index contributed by atoms with van der Waals surface area (Å²) in [4.78, 5) is 0. The molecule has 2 saturated carbocycles. The zero-order valence-electron chi connectivity index (χ0n) is 10.4. The van der Waals surface area contributed by atoms with Gasteiger partial charge in [0, 0.05) is 0 Å². The van der Waals surface area contributed by atoms with Crippen LogP contribution in [0.5, 0.6) is 0 Å². The van der Waals surface area contributed by atoms with E-state index >= 15 is 0 Å². The Hall–Kier alpha value is 0.594. The predicted octanol–water partition coefficient (Wildman–Crippen LogP) is 2.92. The van der Waals surface area contributed by atoms with Crippen molar-refractivity contribution < 1.29 is 31.3 Å². The van der Waals surface area contributed by atoms with Crippen LogP contribution in [0.15, 0.2) is 0 Å². The van der Waals surface area contributed by atoms with E-state index in [4.69, 9.17) is 13.9 Å². The topological polar surface area (TPSA) is 57.5 Å². The SMILES string of the molecule is Cl.OC1CCCCC1.OC1CCCCC1.[O]=[V]. The maximum atomic E-state index is 8.91. The predicted molar refractivity (Wildman–Crippen MR) is 66.1 cm³/mol. The average molecular weight is 304 g/mol. The maximum absolute atomic E-state index is 8.91. The van der Waals surface area contributed by atoms with Gasteiger partial charge in [-0.05, 0) is 25.7 Å². The van der Waals surface area contributed by atoms with Crippen molar-refractivity contribution in [1.29, 1.82) is 0 Å². The normalized spacial score (nSPS) is 21.0. The van der Waals surface area contributed by atoms with Crippen molar-refractivity contribution in [3.05, 3.63) is 0 Å². The molecule has 0 bridgehead atoms. The van der Waals surface area contributed by atoms with Gasteiger partial charge in [0.15, 0.2) is 0 Å². The van der Waals surface area contributed by atoms with Gasteiger partial charge in [-0.15, -0.1) is 12.4 Å². The molecule has 0 spiro atoms. The summed E-state index contributed by atoms with van der Waals surface area (Å²) < 4.78 is 8.19. The van der Waals surface area contributed by atoms with E-state index in [2.05, 4.69) is 0 Å². The number of aliphatic hydroxyl groups is 2. The second-order valence-electron chi connectivity index (χ2n) is 4.58. The van der Waals surface area contributed by atoms with E-state index < -0.39 is 0 Å². The van der Waals surface area contributed by atoms with Crippen molar-refractivity contribution in [1.82, 2.24) is 0 Å². The van der Waals surface area contributed by atoms with E-state index in [9.17, 15) is 0 Å². The summed E-state index contributed by atoms with van der Waals surface area (Å²) in [5.41, 5.74) is 0. The summed E-state index contributed by atoms with van der Waals surface area (Å²) in [6.45, 7) is 0. The summed E-state index contributed by atoms with van der Waals surface area (Å²) in [6, 6.07) is 0. The molecule has 2 N–H and O–H groups in total. The van der Waals surface area contributed by atoms with Gasteiger partial charge in [0.1, 0.15) is 0 Å². The van der Waals surface area contributed by atoms with E-state index in [1.165, 1.54) is 38.5 Å². The van der Waals surface area contributed by atoms with Gasteiger partial charge < -0.3 is 10.2 Å². The fourth-order valence-corrected chi connectivity index (χ4v) is 2.16. The Balaban J connectivity index is 0. The number of hydrogen-bond donors (Lipinski definition) is 2. The molecule has 0 aromatic rings. The molecule has 0 unspecified atom stereocenters. The van der Waals surface area contributed by atoms with E-state index in [1.807, 2.05) is 0 Å². The van der Waals surface area contributed by atoms with Crippen molar-refractivity contribution in [2.75, 3.05) is 0 Å². The van der Waals surface area contributed by atoms with Gasteiger partial charge in [-0.2, -0.15) is 0 Å². The molecular formula is C12H25ClO3V. The first-order valence-corrected chi connectivity index (χ1v) is 6.90. The molecule has 0 aromatic carbocycles. The first kappa shape index (κ1) is 19.9.